The summed E-state index contributed by atoms with van der Waals surface area (Å²) in [5.41, 5.74) is 0.447. The van der Waals surface area contributed by atoms with E-state index >= 15 is 0 Å². The standard InChI is InChI=1S/C17H24N4O2/c1-23-16-4-7-21(17(22)14-8-18-5-6-19-14)15-11-20(10-13(15)16)9-12-2-3-12/h5-6,8,12-13,15-16H,2-4,7,9-11H2,1H3/t13-,15+,16+/m0/s1. The van der Waals surface area contributed by atoms with E-state index in [1.54, 1.807) is 25.7 Å². The monoisotopic (exact) mass is 316 g/mol. The van der Waals surface area contributed by atoms with Crippen molar-refractivity contribution in [3.63, 3.8) is 0 Å². The number of rotatable bonds is 4. The SMILES string of the molecule is CO[C@@H]1CCN(C(=O)c2cnccn2)[C@@H]2CN(CC3CC3)C[C@@H]21. The molecule has 4 rings (SSSR count). The highest BCUT2D eigenvalue weighted by Gasteiger charge is 2.47. The maximum atomic E-state index is 12.8. The van der Waals surface area contributed by atoms with Gasteiger partial charge in [0.25, 0.3) is 5.91 Å². The highest BCUT2D eigenvalue weighted by molar-refractivity contribution is 5.92. The zero-order valence-corrected chi connectivity index (χ0v) is 13.6. The van der Waals surface area contributed by atoms with Crippen molar-refractivity contribution in [1.82, 2.24) is 19.8 Å². The van der Waals surface area contributed by atoms with Crippen LogP contribution in [-0.2, 0) is 4.74 Å². The van der Waals surface area contributed by atoms with Crippen LogP contribution in [0.25, 0.3) is 0 Å². The first-order valence-electron chi connectivity index (χ1n) is 8.58. The number of aromatic nitrogens is 2. The molecule has 6 heteroatoms. The number of fused-ring (bicyclic) bond motifs is 1. The highest BCUT2D eigenvalue weighted by atomic mass is 16.5. The molecule has 6 nitrogen and oxygen atoms in total. The Bertz CT molecular complexity index is 563. The van der Waals surface area contributed by atoms with Gasteiger partial charge in [-0.05, 0) is 25.2 Å². The summed E-state index contributed by atoms with van der Waals surface area (Å²) in [4.78, 5) is 25.6. The van der Waals surface area contributed by atoms with Crippen LogP contribution in [0.3, 0.4) is 0 Å². The van der Waals surface area contributed by atoms with Gasteiger partial charge in [0.1, 0.15) is 5.69 Å². The number of carbonyl (C=O) groups is 1. The number of likely N-dealkylation sites (tertiary alicyclic amines) is 2. The summed E-state index contributed by atoms with van der Waals surface area (Å²) in [5, 5.41) is 0. The van der Waals surface area contributed by atoms with Gasteiger partial charge < -0.3 is 14.5 Å². The van der Waals surface area contributed by atoms with E-state index in [1.807, 2.05) is 4.90 Å². The Balaban J connectivity index is 1.52. The fraction of sp³-hybridized carbons (Fsp3) is 0.706. The number of piperidine rings is 1. The molecule has 3 aliphatic rings. The lowest BCUT2D eigenvalue weighted by atomic mass is 9.89. The van der Waals surface area contributed by atoms with Gasteiger partial charge >= 0.3 is 0 Å². The lowest BCUT2D eigenvalue weighted by Gasteiger charge is -2.40. The van der Waals surface area contributed by atoms with Crippen LogP contribution in [0.15, 0.2) is 18.6 Å². The van der Waals surface area contributed by atoms with Gasteiger partial charge in [-0.15, -0.1) is 0 Å². The lowest BCUT2D eigenvalue weighted by Crippen LogP contribution is -2.53. The molecule has 3 atom stereocenters. The Kier molecular flexibility index (Phi) is 4.03. The van der Waals surface area contributed by atoms with E-state index in [2.05, 4.69) is 14.9 Å². The molecule has 1 saturated carbocycles. The molecule has 1 aliphatic carbocycles. The van der Waals surface area contributed by atoms with Crippen LogP contribution in [0.4, 0.5) is 0 Å². The fourth-order valence-electron chi connectivity index (χ4n) is 4.15. The molecule has 2 saturated heterocycles. The molecule has 23 heavy (non-hydrogen) atoms. The van der Waals surface area contributed by atoms with Crippen molar-refractivity contribution in [2.45, 2.75) is 31.4 Å². The average Bonchev–Trinajstić information content (AvgIpc) is 3.30. The van der Waals surface area contributed by atoms with Crippen molar-refractivity contribution >= 4 is 5.91 Å². The Hall–Kier alpha value is -1.53. The number of ether oxygens (including phenoxy) is 1. The van der Waals surface area contributed by atoms with E-state index in [0.717, 1.165) is 32.0 Å². The van der Waals surface area contributed by atoms with Crippen molar-refractivity contribution in [3.8, 4) is 0 Å². The first-order chi connectivity index (χ1) is 11.3. The molecule has 1 amide bonds. The van der Waals surface area contributed by atoms with E-state index in [1.165, 1.54) is 19.4 Å². The highest BCUT2D eigenvalue weighted by Crippen LogP contribution is 2.36. The van der Waals surface area contributed by atoms with Crippen molar-refractivity contribution in [1.29, 1.82) is 0 Å². The predicted octanol–water partition coefficient (Wildman–Crippen LogP) is 1.05. The minimum Gasteiger partial charge on any atom is -0.381 e. The van der Waals surface area contributed by atoms with Gasteiger partial charge in [-0.1, -0.05) is 0 Å². The van der Waals surface area contributed by atoms with Gasteiger partial charge in [-0.2, -0.15) is 0 Å². The maximum Gasteiger partial charge on any atom is 0.274 e. The largest absolute Gasteiger partial charge is 0.381 e. The van der Waals surface area contributed by atoms with E-state index in [-0.39, 0.29) is 18.1 Å². The third kappa shape index (κ3) is 2.97. The Morgan fingerprint density at radius 2 is 2.17 bits per heavy atom. The quantitative estimate of drug-likeness (QED) is 0.831. The molecule has 0 N–H and O–H groups in total. The van der Waals surface area contributed by atoms with Gasteiger partial charge in [0.15, 0.2) is 0 Å². The number of hydrogen-bond acceptors (Lipinski definition) is 5. The molecular weight excluding hydrogens is 292 g/mol. The van der Waals surface area contributed by atoms with E-state index in [0.29, 0.717) is 11.6 Å². The third-order valence-electron chi connectivity index (χ3n) is 5.50. The molecule has 3 fully saturated rings. The van der Waals surface area contributed by atoms with Gasteiger partial charge in [-0.25, -0.2) is 4.98 Å². The van der Waals surface area contributed by atoms with Crippen LogP contribution >= 0.6 is 0 Å². The topological polar surface area (TPSA) is 58.6 Å². The molecule has 1 aromatic rings. The third-order valence-corrected chi connectivity index (χ3v) is 5.50. The summed E-state index contributed by atoms with van der Waals surface area (Å²) in [6, 6.07) is 0.238. The second-order valence-corrected chi connectivity index (χ2v) is 7.05. The lowest BCUT2D eigenvalue weighted by molar-refractivity contribution is -0.0158. The zero-order valence-electron chi connectivity index (χ0n) is 13.6. The Morgan fingerprint density at radius 1 is 1.30 bits per heavy atom. The van der Waals surface area contributed by atoms with Gasteiger partial charge in [0.2, 0.25) is 0 Å². The molecule has 124 valence electrons. The summed E-state index contributed by atoms with van der Waals surface area (Å²) >= 11 is 0. The summed E-state index contributed by atoms with van der Waals surface area (Å²) in [6.07, 6.45) is 8.64. The van der Waals surface area contributed by atoms with Crippen LogP contribution in [0.5, 0.6) is 0 Å². The number of methoxy groups -OCH3 is 1. The van der Waals surface area contributed by atoms with Crippen molar-refractivity contribution < 1.29 is 9.53 Å². The molecular formula is C17H24N4O2. The molecule has 0 radical (unpaired) electrons. The van der Waals surface area contributed by atoms with Gasteiger partial charge in [-0.3, -0.25) is 9.78 Å². The molecule has 0 aromatic carbocycles. The first kappa shape index (κ1) is 15.0. The van der Waals surface area contributed by atoms with Crippen molar-refractivity contribution in [2.24, 2.45) is 11.8 Å². The Labute approximate surface area is 136 Å². The smallest absolute Gasteiger partial charge is 0.274 e. The number of nitrogens with zero attached hydrogens (tertiary/aromatic N) is 4. The first-order valence-corrected chi connectivity index (χ1v) is 8.58. The number of hydrogen-bond donors (Lipinski definition) is 0. The Morgan fingerprint density at radius 3 is 2.87 bits per heavy atom. The second kappa shape index (κ2) is 6.17. The zero-order chi connectivity index (χ0) is 15.8. The van der Waals surface area contributed by atoms with E-state index in [9.17, 15) is 4.79 Å². The molecule has 1 aromatic heterocycles. The van der Waals surface area contributed by atoms with Crippen LogP contribution in [-0.4, -0.2) is 71.1 Å². The van der Waals surface area contributed by atoms with Crippen LogP contribution in [0.2, 0.25) is 0 Å². The summed E-state index contributed by atoms with van der Waals surface area (Å²) < 4.78 is 5.72. The minimum atomic E-state index is 0.0101. The van der Waals surface area contributed by atoms with Gasteiger partial charge in [0, 0.05) is 51.6 Å². The molecule has 0 bridgehead atoms. The predicted molar refractivity (Wildman–Crippen MR) is 84.9 cm³/mol. The molecule has 0 spiro atoms. The number of amides is 1. The maximum absolute atomic E-state index is 12.8. The minimum absolute atomic E-state index is 0.0101. The molecule has 2 aliphatic heterocycles. The summed E-state index contributed by atoms with van der Waals surface area (Å²) in [6.45, 7) is 3.93. The van der Waals surface area contributed by atoms with Crippen molar-refractivity contribution in [2.75, 3.05) is 33.3 Å². The number of carbonyl (C=O) groups excluding carboxylic acids is 1. The van der Waals surface area contributed by atoms with Crippen LogP contribution < -0.4 is 0 Å². The molecule has 3 heterocycles. The fourth-order valence-corrected chi connectivity index (χ4v) is 4.15. The normalized spacial score (nSPS) is 31.2. The van der Waals surface area contributed by atoms with Crippen LogP contribution in [0.1, 0.15) is 29.8 Å². The summed E-state index contributed by atoms with van der Waals surface area (Å²) in [5.74, 6) is 1.30. The van der Waals surface area contributed by atoms with Crippen LogP contribution in [0, 0.1) is 11.8 Å². The second-order valence-electron chi connectivity index (χ2n) is 7.05. The molecule has 0 unspecified atom stereocenters. The van der Waals surface area contributed by atoms with Gasteiger partial charge in [0.05, 0.1) is 18.3 Å². The van der Waals surface area contributed by atoms with Crippen molar-refractivity contribution in [3.05, 3.63) is 24.3 Å². The van der Waals surface area contributed by atoms with E-state index < -0.39 is 0 Å². The summed E-state index contributed by atoms with van der Waals surface area (Å²) in [7, 11) is 1.80. The van der Waals surface area contributed by atoms with E-state index in [4.69, 9.17) is 4.74 Å². The average molecular weight is 316 g/mol.